The molecule has 3 heteroatoms. The molecule has 68 valence electrons. The van der Waals surface area contributed by atoms with Crippen LogP contribution in [0.1, 0.15) is 32.1 Å². The highest BCUT2D eigenvalue weighted by Crippen LogP contribution is 2.05. The Labute approximate surface area is 67.7 Å². The molecule has 0 rings (SSSR count). The van der Waals surface area contributed by atoms with E-state index in [0.29, 0.717) is 12.8 Å². The van der Waals surface area contributed by atoms with Crippen molar-refractivity contribution in [1.82, 2.24) is 0 Å². The first kappa shape index (κ1) is 10.9. The van der Waals surface area contributed by atoms with Gasteiger partial charge in [-0.05, 0) is 32.1 Å². The number of hydrogen-bond donors (Lipinski definition) is 3. The summed E-state index contributed by atoms with van der Waals surface area (Å²) in [5.41, 5.74) is 0. The van der Waals surface area contributed by atoms with Crippen molar-refractivity contribution in [3.8, 4) is 0 Å². The van der Waals surface area contributed by atoms with Gasteiger partial charge >= 0.3 is 0 Å². The first-order valence-electron chi connectivity index (χ1n) is 4.21. The summed E-state index contributed by atoms with van der Waals surface area (Å²) in [7, 11) is 0. The van der Waals surface area contributed by atoms with Crippen LogP contribution in [0.2, 0.25) is 0 Å². The summed E-state index contributed by atoms with van der Waals surface area (Å²) in [5.74, 6) is 0. The summed E-state index contributed by atoms with van der Waals surface area (Å²) in [4.78, 5) is 0. The lowest BCUT2D eigenvalue weighted by atomic mass is 10.1. The molecule has 0 amide bonds. The van der Waals surface area contributed by atoms with Crippen molar-refractivity contribution in [3.63, 3.8) is 0 Å². The molecule has 0 saturated heterocycles. The lowest BCUT2D eigenvalue weighted by molar-refractivity contribution is 0.135. The Morgan fingerprint density at radius 3 is 1.91 bits per heavy atom. The molecule has 0 aliphatic rings. The Bertz CT molecular complexity index is 75.7. The monoisotopic (exact) mass is 162 g/mol. The second kappa shape index (κ2) is 7.98. The second-order valence-electron chi connectivity index (χ2n) is 2.74. The summed E-state index contributed by atoms with van der Waals surface area (Å²) >= 11 is 0. The minimum absolute atomic E-state index is 0.150. The molecular formula is C8H18O3. The van der Waals surface area contributed by atoms with Crippen LogP contribution in [-0.2, 0) is 0 Å². The van der Waals surface area contributed by atoms with Gasteiger partial charge in [-0.3, -0.25) is 0 Å². The highest BCUT2D eigenvalue weighted by molar-refractivity contribution is 4.55. The molecular weight excluding hydrogens is 144 g/mol. The Kier molecular flexibility index (Phi) is 7.89. The molecule has 0 bridgehead atoms. The van der Waals surface area contributed by atoms with E-state index in [9.17, 15) is 5.11 Å². The molecule has 3 nitrogen and oxygen atoms in total. The number of aliphatic hydroxyl groups excluding tert-OH is 3. The number of unbranched alkanes of at least 4 members (excludes halogenated alkanes) is 1. The molecule has 0 aliphatic heterocycles. The smallest absolute Gasteiger partial charge is 0.0541 e. The fourth-order valence-electron chi connectivity index (χ4n) is 0.963. The average Bonchev–Trinajstić information content (AvgIpc) is 2.01. The van der Waals surface area contributed by atoms with E-state index in [1.54, 1.807) is 0 Å². The average molecular weight is 162 g/mol. The zero-order valence-electron chi connectivity index (χ0n) is 6.87. The molecule has 0 saturated carbocycles. The largest absolute Gasteiger partial charge is 0.396 e. The van der Waals surface area contributed by atoms with Gasteiger partial charge < -0.3 is 15.3 Å². The summed E-state index contributed by atoms with van der Waals surface area (Å²) in [6, 6.07) is 0. The molecule has 0 aromatic carbocycles. The Morgan fingerprint density at radius 1 is 0.818 bits per heavy atom. The summed E-state index contributed by atoms with van der Waals surface area (Å²) in [5, 5.41) is 26.1. The van der Waals surface area contributed by atoms with Crippen molar-refractivity contribution in [3.05, 3.63) is 0 Å². The molecule has 1 atom stereocenters. The van der Waals surface area contributed by atoms with Crippen molar-refractivity contribution >= 4 is 0 Å². The van der Waals surface area contributed by atoms with Crippen molar-refractivity contribution in [1.29, 1.82) is 0 Å². The van der Waals surface area contributed by atoms with Gasteiger partial charge in [0.15, 0.2) is 0 Å². The van der Waals surface area contributed by atoms with E-state index in [-0.39, 0.29) is 19.3 Å². The van der Waals surface area contributed by atoms with Gasteiger partial charge in [-0.2, -0.15) is 0 Å². The van der Waals surface area contributed by atoms with Crippen molar-refractivity contribution in [2.45, 2.75) is 38.2 Å². The highest BCUT2D eigenvalue weighted by atomic mass is 16.3. The van der Waals surface area contributed by atoms with E-state index in [1.807, 2.05) is 0 Å². The third kappa shape index (κ3) is 7.78. The highest BCUT2D eigenvalue weighted by Gasteiger charge is 2.01. The lowest BCUT2D eigenvalue weighted by Gasteiger charge is -2.07. The van der Waals surface area contributed by atoms with E-state index in [0.717, 1.165) is 19.3 Å². The molecule has 11 heavy (non-hydrogen) atoms. The summed E-state index contributed by atoms with van der Waals surface area (Å²) in [6.07, 6.45) is 3.40. The van der Waals surface area contributed by atoms with Crippen molar-refractivity contribution in [2.24, 2.45) is 0 Å². The maximum absolute atomic E-state index is 9.21. The topological polar surface area (TPSA) is 60.7 Å². The fourth-order valence-corrected chi connectivity index (χ4v) is 0.963. The first-order chi connectivity index (χ1) is 5.31. The minimum atomic E-state index is -0.298. The Hall–Kier alpha value is -0.120. The standard InChI is InChI=1S/C8H18O3/c9-6-2-1-4-8(11)5-3-7-10/h8-11H,1-7H2/t8-/m0/s1. The third-order valence-corrected chi connectivity index (χ3v) is 1.64. The number of aliphatic hydroxyl groups is 3. The first-order valence-corrected chi connectivity index (χ1v) is 4.21. The van der Waals surface area contributed by atoms with Gasteiger partial charge in [-0.1, -0.05) is 0 Å². The van der Waals surface area contributed by atoms with Gasteiger partial charge in [0.2, 0.25) is 0 Å². The predicted octanol–water partition coefficient (Wildman–Crippen LogP) is 0.282. The number of rotatable bonds is 7. The van der Waals surface area contributed by atoms with Crippen LogP contribution in [0.15, 0.2) is 0 Å². The van der Waals surface area contributed by atoms with Gasteiger partial charge in [-0.25, -0.2) is 0 Å². The van der Waals surface area contributed by atoms with Gasteiger partial charge in [-0.15, -0.1) is 0 Å². The lowest BCUT2D eigenvalue weighted by Crippen LogP contribution is -2.07. The molecule has 0 heterocycles. The van der Waals surface area contributed by atoms with Crippen LogP contribution in [0.5, 0.6) is 0 Å². The maximum atomic E-state index is 9.21. The normalized spacial score (nSPS) is 13.4. The van der Waals surface area contributed by atoms with Crippen LogP contribution in [-0.4, -0.2) is 34.6 Å². The van der Waals surface area contributed by atoms with Crippen LogP contribution in [0.25, 0.3) is 0 Å². The van der Waals surface area contributed by atoms with Crippen molar-refractivity contribution in [2.75, 3.05) is 13.2 Å². The SMILES string of the molecule is OCCCC[C@H](O)CCCO. The van der Waals surface area contributed by atoms with E-state index in [2.05, 4.69) is 0 Å². The quantitative estimate of drug-likeness (QED) is 0.471. The zero-order valence-corrected chi connectivity index (χ0v) is 6.87. The van der Waals surface area contributed by atoms with Gasteiger partial charge in [0, 0.05) is 13.2 Å². The molecule has 0 radical (unpaired) electrons. The van der Waals surface area contributed by atoms with Crippen LogP contribution in [0.3, 0.4) is 0 Å². The number of hydrogen-bond acceptors (Lipinski definition) is 3. The molecule has 0 unspecified atom stereocenters. The summed E-state index contributed by atoms with van der Waals surface area (Å²) in [6.45, 7) is 0.351. The molecule has 0 spiro atoms. The van der Waals surface area contributed by atoms with E-state index >= 15 is 0 Å². The van der Waals surface area contributed by atoms with E-state index < -0.39 is 0 Å². The molecule has 0 fully saturated rings. The maximum Gasteiger partial charge on any atom is 0.0541 e. The fraction of sp³-hybridized carbons (Fsp3) is 1.00. The van der Waals surface area contributed by atoms with E-state index in [4.69, 9.17) is 10.2 Å². The Morgan fingerprint density at radius 2 is 1.36 bits per heavy atom. The van der Waals surface area contributed by atoms with Crippen LogP contribution in [0, 0.1) is 0 Å². The van der Waals surface area contributed by atoms with E-state index in [1.165, 1.54) is 0 Å². The summed E-state index contributed by atoms with van der Waals surface area (Å²) < 4.78 is 0. The zero-order chi connectivity index (χ0) is 8.53. The van der Waals surface area contributed by atoms with Gasteiger partial charge in [0.05, 0.1) is 6.10 Å². The second-order valence-corrected chi connectivity index (χ2v) is 2.74. The third-order valence-electron chi connectivity index (χ3n) is 1.64. The molecule has 0 aromatic rings. The van der Waals surface area contributed by atoms with Gasteiger partial charge in [0.1, 0.15) is 0 Å². The minimum Gasteiger partial charge on any atom is -0.396 e. The Balaban J connectivity index is 3.02. The van der Waals surface area contributed by atoms with Crippen molar-refractivity contribution < 1.29 is 15.3 Å². The predicted molar refractivity (Wildman–Crippen MR) is 43.3 cm³/mol. The molecule has 3 N–H and O–H groups in total. The van der Waals surface area contributed by atoms with Gasteiger partial charge in [0.25, 0.3) is 0 Å². The molecule has 0 aliphatic carbocycles. The van der Waals surface area contributed by atoms with Crippen LogP contribution >= 0.6 is 0 Å². The van der Waals surface area contributed by atoms with Crippen LogP contribution in [0.4, 0.5) is 0 Å². The molecule has 0 aromatic heterocycles. The van der Waals surface area contributed by atoms with Crippen LogP contribution < -0.4 is 0 Å².